The first kappa shape index (κ1) is 30.0. The molecule has 1 saturated carbocycles. The van der Waals surface area contributed by atoms with Crippen LogP contribution in [0.15, 0.2) is 54.6 Å². The summed E-state index contributed by atoms with van der Waals surface area (Å²) in [6.07, 6.45) is 5.19. The first-order valence-corrected chi connectivity index (χ1v) is 14.0. The largest absolute Gasteiger partial charge is 0.508 e. The molecule has 212 valence electrons. The van der Waals surface area contributed by atoms with Gasteiger partial charge in [0, 0.05) is 19.0 Å². The molecule has 1 aliphatic carbocycles. The van der Waals surface area contributed by atoms with Crippen LogP contribution in [0, 0.1) is 0 Å². The van der Waals surface area contributed by atoms with Gasteiger partial charge < -0.3 is 25.4 Å². The molecule has 2 aromatic rings. The molecule has 0 bridgehead atoms. The van der Waals surface area contributed by atoms with Crippen molar-refractivity contribution < 1.29 is 24.2 Å². The summed E-state index contributed by atoms with van der Waals surface area (Å²) in [5.74, 6) is -0.664. The number of carbonyl (C=O) groups is 3. The Bertz CT molecular complexity index is 1090. The van der Waals surface area contributed by atoms with Crippen molar-refractivity contribution in [3.8, 4) is 5.75 Å². The number of hydrogen-bond donors (Lipinski definition) is 3. The lowest BCUT2D eigenvalue weighted by molar-refractivity contribution is -0.142. The lowest BCUT2D eigenvalue weighted by Crippen LogP contribution is -2.54. The third-order valence-corrected chi connectivity index (χ3v) is 6.72. The molecule has 2 atom stereocenters. The molecule has 3 N–H and O–H groups in total. The van der Waals surface area contributed by atoms with Crippen molar-refractivity contribution in [1.29, 1.82) is 0 Å². The summed E-state index contributed by atoms with van der Waals surface area (Å²) >= 11 is 0. The van der Waals surface area contributed by atoms with Crippen molar-refractivity contribution in [2.45, 2.75) is 96.4 Å². The van der Waals surface area contributed by atoms with Gasteiger partial charge in [0.25, 0.3) is 0 Å². The van der Waals surface area contributed by atoms with Crippen LogP contribution in [-0.4, -0.2) is 52.1 Å². The van der Waals surface area contributed by atoms with Crippen LogP contribution in [0.4, 0.5) is 4.79 Å². The summed E-state index contributed by atoms with van der Waals surface area (Å²) in [5, 5.41) is 16.2. The molecule has 0 aromatic heterocycles. The number of ether oxygens (including phenoxy) is 1. The minimum atomic E-state index is -0.967. The fourth-order valence-electron chi connectivity index (χ4n) is 5.00. The molecule has 3 rings (SSSR count). The zero-order valence-electron chi connectivity index (χ0n) is 23.6. The Hall–Kier alpha value is -3.55. The van der Waals surface area contributed by atoms with Crippen LogP contribution in [0.5, 0.6) is 5.75 Å². The zero-order valence-corrected chi connectivity index (χ0v) is 23.6. The average molecular weight is 538 g/mol. The van der Waals surface area contributed by atoms with Gasteiger partial charge in [-0.25, -0.2) is 4.79 Å². The number of nitrogens with one attached hydrogen (secondary N) is 2. The van der Waals surface area contributed by atoms with Crippen molar-refractivity contribution in [1.82, 2.24) is 15.5 Å². The average Bonchev–Trinajstić information content (AvgIpc) is 2.88. The Morgan fingerprint density at radius 1 is 1.03 bits per heavy atom. The highest BCUT2D eigenvalue weighted by Gasteiger charge is 2.37. The van der Waals surface area contributed by atoms with E-state index in [9.17, 15) is 19.5 Å². The van der Waals surface area contributed by atoms with Crippen molar-refractivity contribution in [2.24, 2.45) is 0 Å². The number of phenols is 1. The Kier molecular flexibility index (Phi) is 10.8. The normalized spacial score (nSPS) is 15.6. The third kappa shape index (κ3) is 9.30. The Morgan fingerprint density at radius 2 is 1.72 bits per heavy atom. The van der Waals surface area contributed by atoms with Crippen molar-refractivity contribution >= 4 is 17.9 Å². The lowest BCUT2D eigenvalue weighted by Gasteiger charge is -2.35. The molecule has 3 amide bonds. The van der Waals surface area contributed by atoms with Crippen molar-refractivity contribution in [3.05, 3.63) is 65.7 Å². The number of rotatable bonds is 10. The van der Waals surface area contributed by atoms with E-state index in [1.165, 1.54) is 17.0 Å². The number of alkyl carbamates (subject to hydrolysis) is 1. The van der Waals surface area contributed by atoms with E-state index in [1.807, 2.05) is 37.3 Å². The highest BCUT2D eigenvalue weighted by atomic mass is 16.6. The van der Waals surface area contributed by atoms with Crippen LogP contribution in [0.25, 0.3) is 0 Å². The first-order valence-electron chi connectivity index (χ1n) is 14.0. The number of benzene rings is 2. The predicted octanol–water partition coefficient (Wildman–Crippen LogP) is 5.26. The molecule has 0 saturated heterocycles. The fourth-order valence-corrected chi connectivity index (χ4v) is 5.00. The molecule has 0 radical (unpaired) electrons. The summed E-state index contributed by atoms with van der Waals surface area (Å²) in [7, 11) is 0. The summed E-state index contributed by atoms with van der Waals surface area (Å²) in [6, 6.07) is 14.0. The van der Waals surface area contributed by atoms with Crippen LogP contribution >= 0.6 is 0 Å². The van der Waals surface area contributed by atoms with Gasteiger partial charge in [-0.05, 0) is 63.3 Å². The molecule has 39 heavy (non-hydrogen) atoms. The van der Waals surface area contributed by atoms with E-state index in [-0.39, 0.29) is 24.1 Å². The van der Waals surface area contributed by atoms with Gasteiger partial charge in [0.15, 0.2) is 0 Å². The van der Waals surface area contributed by atoms with Crippen LogP contribution in [0.2, 0.25) is 0 Å². The monoisotopic (exact) mass is 537 g/mol. The quantitative estimate of drug-likeness (QED) is 0.383. The number of nitrogens with zero attached hydrogens (tertiary/aromatic N) is 1. The second kappa shape index (κ2) is 14.0. The number of carbonyl (C=O) groups excluding carboxylic acids is 3. The van der Waals surface area contributed by atoms with E-state index in [0.29, 0.717) is 18.5 Å². The second-order valence-corrected chi connectivity index (χ2v) is 11.3. The highest BCUT2D eigenvalue weighted by molar-refractivity contribution is 5.92. The molecule has 0 aliphatic heterocycles. The van der Waals surface area contributed by atoms with Crippen molar-refractivity contribution in [3.63, 3.8) is 0 Å². The number of amides is 3. The Balaban J connectivity index is 1.97. The Morgan fingerprint density at radius 3 is 2.33 bits per heavy atom. The van der Waals surface area contributed by atoms with Gasteiger partial charge in [0.05, 0.1) is 0 Å². The maximum absolute atomic E-state index is 14.2. The minimum Gasteiger partial charge on any atom is -0.508 e. The van der Waals surface area contributed by atoms with Gasteiger partial charge in [-0.3, -0.25) is 9.59 Å². The van der Waals surface area contributed by atoms with E-state index >= 15 is 0 Å². The molecule has 2 unspecified atom stereocenters. The van der Waals surface area contributed by atoms with Crippen LogP contribution in [-0.2, 0) is 20.7 Å². The second-order valence-electron chi connectivity index (χ2n) is 11.3. The summed E-state index contributed by atoms with van der Waals surface area (Å²) < 4.78 is 5.47. The van der Waals surface area contributed by atoms with E-state index in [0.717, 1.165) is 37.7 Å². The molecule has 8 nitrogen and oxygen atoms in total. The van der Waals surface area contributed by atoms with Gasteiger partial charge in [-0.1, -0.05) is 68.7 Å². The summed E-state index contributed by atoms with van der Waals surface area (Å²) in [4.78, 5) is 42.4. The SMILES string of the molecule is CCCN(C(=O)C(Cc1ccccc1)NC(=O)OC(C)(C)C)C(C(=O)NC1CCCCC1)c1cccc(O)c1. The number of aromatic hydroxyl groups is 1. The van der Waals surface area contributed by atoms with Crippen LogP contribution in [0.1, 0.15) is 83.4 Å². The molecular formula is C31H43N3O5. The first-order chi connectivity index (χ1) is 18.6. The minimum absolute atomic E-state index is 0.0135. The van der Waals surface area contributed by atoms with E-state index in [4.69, 9.17) is 4.74 Å². The fraction of sp³-hybridized carbons (Fsp3) is 0.516. The number of phenolic OH excluding ortho intramolecular Hbond substituents is 1. The standard InChI is InChI=1S/C31H43N3O5/c1-5-19-34(27(23-15-12-18-25(35)21-23)28(36)32-24-16-10-7-11-17-24)29(37)26(20-22-13-8-6-9-14-22)33-30(38)39-31(2,3)4/h6,8-9,12-15,18,21,24,26-27,35H,5,7,10-11,16-17,19-20H2,1-4H3,(H,32,36)(H,33,38). The van der Waals surface area contributed by atoms with Gasteiger partial charge in [0.1, 0.15) is 23.4 Å². The number of hydrogen-bond acceptors (Lipinski definition) is 5. The van der Waals surface area contributed by atoms with Gasteiger partial charge in [-0.15, -0.1) is 0 Å². The van der Waals surface area contributed by atoms with E-state index < -0.39 is 29.7 Å². The topological polar surface area (TPSA) is 108 Å². The lowest BCUT2D eigenvalue weighted by atomic mass is 9.94. The molecule has 1 fully saturated rings. The van der Waals surface area contributed by atoms with E-state index in [1.54, 1.807) is 32.9 Å². The summed E-state index contributed by atoms with van der Waals surface area (Å²) in [5.41, 5.74) is 0.641. The Labute approximate surface area is 232 Å². The maximum Gasteiger partial charge on any atom is 0.408 e. The third-order valence-electron chi connectivity index (χ3n) is 6.72. The van der Waals surface area contributed by atoms with E-state index in [2.05, 4.69) is 10.6 Å². The highest BCUT2D eigenvalue weighted by Crippen LogP contribution is 2.27. The van der Waals surface area contributed by atoms with Gasteiger partial charge in [0.2, 0.25) is 11.8 Å². The molecule has 1 aliphatic rings. The predicted molar refractivity (Wildman–Crippen MR) is 151 cm³/mol. The summed E-state index contributed by atoms with van der Waals surface area (Å²) in [6.45, 7) is 7.51. The zero-order chi connectivity index (χ0) is 28.4. The smallest absolute Gasteiger partial charge is 0.408 e. The van der Waals surface area contributed by atoms with Gasteiger partial charge >= 0.3 is 6.09 Å². The maximum atomic E-state index is 14.2. The molecule has 0 spiro atoms. The van der Waals surface area contributed by atoms with Crippen molar-refractivity contribution in [2.75, 3.05) is 6.54 Å². The van der Waals surface area contributed by atoms with Gasteiger partial charge in [-0.2, -0.15) is 0 Å². The van der Waals surface area contributed by atoms with Crippen LogP contribution in [0.3, 0.4) is 0 Å². The van der Waals surface area contributed by atoms with Crippen LogP contribution < -0.4 is 10.6 Å². The molecule has 0 heterocycles. The molecule has 2 aromatic carbocycles. The molecular weight excluding hydrogens is 494 g/mol. The molecule has 8 heteroatoms.